The number of carbonyl (C=O) groups is 4. The van der Waals surface area contributed by atoms with E-state index in [-0.39, 0.29) is 45.3 Å². The van der Waals surface area contributed by atoms with Gasteiger partial charge in [0.1, 0.15) is 23.8 Å². The Bertz CT molecular complexity index is 1910. The van der Waals surface area contributed by atoms with Gasteiger partial charge in [0.15, 0.2) is 0 Å². The van der Waals surface area contributed by atoms with Crippen molar-refractivity contribution in [3.63, 3.8) is 0 Å². The Labute approximate surface area is 365 Å². The molecule has 0 aliphatic rings. The summed E-state index contributed by atoms with van der Waals surface area (Å²) in [5.41, 5.74) is 1.63. The van der Waals surface area contributed by atoms with Crippen LogP contribution in [0.15, 0.2) is 133 Å². The molecule has 0 spiro atoms. The molecule has 0 aliphatic carbocycles. The quantitative estimate of drug-likeness (QED) is 0.0252. The normalized spacial score (nSPS) is 10.9. The summed E-state index contributed by atoms with van der Waals surface area (Å²) in [6, 6.07) is 32.4. The van der Waals surface area contributed by atoms with E-state index in [1.807, 2.05) is 78.9 Å². The molecule has 4 rings (SSSR count). The fraction of sp³-hybridized carbons (Fsp3) is 0.375. The minimum Gasteiger partial charge on any atom is -0.491 e. The lowest BCUT2D eigenvalue weighted by atomic mass is 10.0. The van der Waals surface area contributed by atoms with Crippen molar-refractivity contribution >= 4 is 58.5 Å². The van der Waals surface area contributed by atoms with Gasteiger partial charge in [0.05, 0.1) is 6.61 Å². The molecule has 0 aromatic heterocycles. The van der Waals surface area contributed by atoms with Gasteiger partial charge in [-0.3, -0.25) is 9.59 Å². The molecule has 4 aromatic carbocycles. The minimum absolute atomic E-state index is 0. The Hall–Kier alpha value is -5.04. The first-order valence-corrected chi connectivity index (χ1v) is 21.3. The molecule has 0 radical (unpaired) electrons. The Balaban J connectivity index is 0.000000586. The van der Waals surface area contributed by atoms with Gasteiger partial charge in [-0.2, -0.15) is 0 Å². The van der Waals surface area contributed by atoms with Crippen LogP contribution < -0.4 is 4.74 Å². The number of unbranched alkanes of at least 4 members (excludes halogenated alkanes) is 6. The molecular formula is C48H62N2O8S2. The first kappa shape index (κ1) is 53.0. The summed E-state index contributed by atoms with van der Waals surface area (Å²) in [6.07, 6.45) is 9.10. The number of aliphatic hydroxyl groups is 1. The van der Waals surface area contributed by atoms with E-state index in [2.05, 4.69) is 24.2 Å². The smallest absolute Gasteiger partial charge is 0.331 e. The van der Waals surface area contributed by atoms with Gasteiger partial charge in [0.25, 0.3) is 0 Å². The Morgan fingerprint density at radius 1 is 0.533 bits per heavy atom. The Kier molecular flexibility index (Phi) is 27.3. The SMILES string of the molecule is C.C.CCCCCC/C(=N/OC(C)=O)C(=O)c1ccc(Sc2ccc(OCCO)cc2)cc1.CCCCCC/C(=N/OC(C)=O)C(=O)c1ccc(Sc2ccccc2)cc1. The number of ketones is 2. The first-order chi connectivity index (χ1) is 28.1. The van der Waals surface area contributed by atoms with Crippen LogP contribution in [0.5, 0.6) is 5.75 Å². The van der Waals surface area contributed by atoms with Crippen molar-refractivity contribution in [3.05, 3.63) is 114 Å². The Morgan fingerprint density at radius 3 is 1.28 bits per heavy atom. The number of oxime groups is 2. The molecule has 0 unspecified atom stereocenters. The second-order valence-electron chi connectivity index (χ2n) is 13.1. The maximum atomic E-state index is 12.9. The summed E-state index contributed by atoms with van der Waals surface area (Å²) >= 11 is 3.21. The number of benzene rings is 4. The molecule has 0 aliphatic heterocycles. The molecule has 0 atom stereocenters. The number of nitrogens with zero attached hydrogens (tertiary/aromatic N) is 2. The maximum Gasteiger partial charge on any atom is 0.331 e. The molecular weight excluding hydrogens is 797 g/mol. The van der Waals surface area contributed by atoms with Gasteiger partial charge in [-0.1, -0.05) is 119 Å². The van der Waals surface area contributed by atoms with E-state index < -0.39 is 11.9 Å². The second-order valence-corrected chi connectivity index (χ2v) is 15.4. The highest BCUT2D eigenvalue weighted by Gasteiger charge is 2.17. The van der Waals surface area contributed by atoms with Crippen molar-refractivity contribution < 1.29 is 38.7 Å². The molecule has 0 bridgehead atoms. The molecule has 0 fully saturated rings. The molecule has 0 saturated carbocycles. The highest BCUT2D eigenvalue weighted by Crippen LogP contribution is 2.30. The van der Waals surface area contributed by atoms with Gasteiger partial charge in [0, 0.05) is 44.6 Å². The van der Waals surface area contributed by atoms with Crippen LogP contribution in [0.1, 0.15) is 127 Å². The number of Topliss-reactive ketones (excluding diaryl/α,β-unsaturated/α-hetero) is 2. The molecule has 324 valence electrons. The predicted octanol–water partition coefficient (Wildman–Crippen LogP) is 12.5. The third-order valence-electron chi connectivity index (χ3n) is 8.26. The molecule has 0 saturated heterocycles. The van der Waals surface area contributed by atoms with E-state index in [4.69, 9.17) is 19.5 Å². The molecule has 60 heavy (non-hydrogen) atoms. The van der Waals surface area contributed by atoms with Gasteiger partial charge in [-0.05, 0) is 111 Å². The van der Waals surface area contributed by atoms with Crippen LogP contribution in [0.2, 0.25) is 0 Å². The highest BCUT2D eigenvalue weighted by atomic mass is 32.2. The lowest BCUT2D eigenvalue weighted by Gasteiger charge is -2.08. The molecule has 0 amide bonds. The number of rotatable bonds is 23. The largest absolute Gasteiger partial charge is 0.491 e. The van der Waals surface area contributed by atoms with Crippen molar-refractivity contribution in [2.24, 2.45) is 10.3 Å². The van der Waals surface area contributed by atoms with Gasteiger partial charge >= 0.3 is 11.9 Å². The average Bonchev–Trinajstić information content (AvgIpc) is 3.23. The summed E-state index contributed by atoms with van der Waals surface area (Å²) in [7, 11) is 0. The fourth-order valence-corrected chi connectivity index (χ4v) is 6.94. The zero-order valence-electron chi connectivity index (χ0n) is 33.8. The van der Waals surface area contributed by atoms with E-state index in [9.17, 15) is 19.2 Å². The topological polar surface area (TPSA) is 141 Å². The minimum atomic E-state index is -0.543. The van der Waals surface area contributed by atoms with Crippen molar-refractivity contribution in [1.82, 2.24) is 0 Å². The molecule has 4 aromatic rings. The van der Waals surface area contributed by atoms with E-state index in [1.165, 1.54) is 13.8 Å². The van der Waals surface area contributed by atoms with Crippen LogP contribution in [0.3, 0.4) is 0 Å². The second kappa shape index (κ2) is 30.9. The molecule has 1 N–H and O–H groups in total. The molecule has 12 heteroatoms. The van der Waals surface area contributed by atoms with Crippen molar-refractivity contribution in [1.29, 1.82) is 0 Å². The number of carbonyl (C=O) groups excluding carboxylic acids is 4. The summed E-state index contributed by atoms with van der Waals surface area (Å²) in [6.45, 7) is 7.04. The Morgan fingerprint density at radius 2 is 0.917 bits per heavy atom. The van der Waals surface area contributed by atoms with Crippen LogP contribution in [-0.2, 0) is 19.3 Å². The summed E-state index contributed by atoms with van der Waals surface area (Å²) in [5.74, 6) is -0.775. The number of hydrogen-bond donors (Lipinski definition) is 1. The zero-order valence-corrected chi connectivity index (χ0v) is 35.4. The van der Waals surface area contributed by atoms with Crippen LogP contribution in [-0.4, -0.2) is 53.2 Å². The lowest BCUT2D eigenvalue weighted by molar-refractivity contribution is -0.141. The van der Waals surface area contributed by atoms with Crippen LogP contribution in [0, 0.1) is 0 Å². The van der Waals surface area contributed by atoms with Crippen LogP contribution in [0.4, 0.5) is 0 Å². The van der Waals surface area contributed by atoms with Crippen LogP contribution >= 0.6 is 23.5 Å². The predicted molar refractivity (Wildman–Crippen MR) is 245 cm³/mol. The third kappa shape index (κ3) is 20.8. The van der Waals surface area contributed by atoms with Gasteiger partial charge in [-0.25, -0.2) is 9.59 Å². The van der Waals surface area contributed by atoms with Crippen LogP contribution in [0.25, 0.3) is 0 Å². The maximum absolute atomic E-state index is 12.9. The first-order valence-electron chi connectivity index (χ1n) is 19.7. The number of aliphatic hydroxyl groups excluding tert-OH is 1. The average molecular weight is 859 g/mol. The fourth-order valence-electron chi connectivity index (χ4n) is 5.29. The van der Waals surface area contributed by atoms with E-state index in [0.717, 1.165) is 70.9 Å². The number of ether oxygens (including phenoxy) is 1. The van der Waals surface area contributed by atoms with Crippen molar-refractivity contribution in [3.8, 4) is 5.75 Å². The zero-order chi connectivity index (χ0) is 42.0. The van der Waals surface area contributed by atoms with Crippen molar-refractivity contribution in [2.45, 2.75) is 126 Å². The third-order valence-corrected chi connectivity index (χ3v) is 10.3. The summed E-state index contributed by atoms with van der Waals surface area (Å²) in [4.78, 5) is 61.5. The number of hydrogen-bond acceptors (Lipinski definition) is 12. The van der Waals surface area contributed by atoms with E-state index in [1.54, 1.807) is 47.8 Å². The van der Waals surface area contributed by atoms with Gasteiger partial charge in [0.2, 0.25) is 11.6 Å². The van der Waals surface area contributed by atoms with Gasteiger partial charge in [-0.15, -0.1) is 0 Å². The van der Waals surface area contributed by atoms with Crippen molar-refractivity contribution in [2.75, 3.05) is 13.2 Å². The highest BCUT2D eigenvalue weighted by molar-refractivity contribution is 7.99. The monoisotopic (exact) mass is 858 g/mol. The standard InChI is InChI=1S/C24H29NO5S.C22H25NO3S.2CH4/c1-3-4-5-6-7-23(25-30-18(2)27)24(28)19-8-12-21(13-9-19)31-22-14-10-20(11-15-22)29-17-16-26;1-3-4-5-9-12-21(23-26-17(2)24)22(25)18-13-15-20(16-14-18)27-19-10-7-6-8-11-19;;/h8-15,26H,3-7,16-17H2,1-2H3;6-8,10-11,13-16H,3-5,9,12H2,1-2H3;2*1H4/b25-23-;23-21-;;. The lowest BCUT2D eigenvalue weighted by Crippen LogP contribution is -2.16. The molecule has 10 nitrogen and oxygen atoms in total. The van der Waals surface area contributed by atoms with E-state index in [0.29, 0.717) is 35.4 Å². The molecule has 0 heterocycles. The summed E-state index contributed by atoms with van der Waals surface area (Å²) in [5, 5.41) is 16.4. The van der Waals surface area contributed by atoms with E-state index >= 15 is 0 Å². The summed E-state index contributed by atoms with van der Waals surface area (Å²) < 4.78 is 5.36. The van der Waals surface area contributed by atoms with Gasteiger partial charge < -0.3 is 19.5 Å².